The van der Waals surface area contributed by atoms with Crippen molar-refractivity contribution in [1.82, 2.24) is 10.3 Å². The average Bonchev–Trinajstić information content (AvgIpc) is 2.86. The Bertz CT molecular complexity index is 914. The molecule has 0 unspecified atom stereocenters. The molecule has 3 rings (SSSR count). The number of nitrogens with zero attached hydrogens (tertiary/aromatic N) is 1. The first-order valence-corrected chi connectivity index (χ1v) is 9.19. The molecule has 8 heteroatoms. The zero-order valence-corrected chi connectivity index (χ0v) is 16.1. The minimum Gasteiger partial charge on any atom is -0.490 e. The number of carbonyl (C=O) groups excluding carboxylic acids is 2. The summed E-state index contributed by atoms with van der Waals surface area (Å²) in [5.41, 5.74) is 3.92. The van der Waals surface area contributed by atoms with Gasteiger partial charge in [-0.3, -0.25) is 9.59 Å². The lowest BCUT2D eigenvalue weighted by atomic mass is 10.0. The van der Waals surface area contributed by atoms with Crippen molar-refractivity contribution in [3.8, 4) is 11.6 Å². The van der Waals surface area contributed by atoms with Crippen LogP contribution in [0.5, 0.6) is 11.6 Å². The summed E-state index contributed by atoms with van der Waals surface area (Å²) >= 11 is 0. The van der Waals surface area contributed by atoms with Crippen LogP contribution in [-0.4, -0.2) is 41.2 Å². The highest BCUT2D eigenvalue weighted by atomic mass is 19.1. The predicted octanol–water partition coefficient (Wildman–Crippen LogP) is 2.51. The molecule has 0 saturated carbocycles. The van der Waals surface area contributed by atoms with Crippen molar-refractivity contribution in [2.75, 3.05) is 6.61 Å². The van der Waals surface area contributed by atoms with E-state index in [4.69, 9.17) is 15.2 Å². The number of pyridine rings is 1. The van der Waals surface area contributed by atoms with Crippen molar-refractivity contribution in [2.45, 2.75) is 51.4 Å². The molecule has 150 valence electrons. The summed E-state index contributed by atoms with van der Waals surface area (Å²) < 4.78 is 25.5. The van der Waals surface area contributed by atoms with E-state index in [-0.39, 0.29) is 30.7 Å². The zero-order chi connectivity index (χ0) is 20.5. The monoisotopic (exact) mass is 389 g/mol. The standard InChI is InChI=1S/C20H24FN3O4/c1-11(2)28-16-9-14-12(8-15(16)17(22)25)4-6-23-18(14)27-7-5-13-10-20(3,21)19(26)24-13/h4,6,8-9,11,13H,5,7,10H2,1-3H3,(H2,22,25)(H,24,26)/t13-,20+/m1/s1. The Morgan fingerprint density at radius 3 is 2.82 bits per heavy atom. The number of nitrogens with one attached hydrogen (secondary N) is 1. The van der Waals surface area contributed by atoms with Crippen molar-refractivity contribution in [3.63, 3.8) is 0 Å². The summed E-state index contributed by atoms with van der Waals surface area (Å²) in [6.07, 6.45) is 2.00. The van der Waals surface area contributed by atoms with Gasteiger partial charge in [0.2, 0.25) is 5.88 Å². The number of hydrogen-bond donors (Lipinski definition) is 2. The number of alkyl halides is 1. The number of halogens is 1. The first-order valence-electron chi connectivity index (χ1n) is 9.19. The first kappa shape index (κ1) is 19.9. The number of ether oxygens (including phenoxy) is 2. The molecule has 2 aromatic rings. The molecule has 2 amide bonds. The molecule has 1 saturated heterocycles. The number of primary amides is 1. The van der Waals surface area contributed by atoms with Crippen molar-refractivity contribution < 1.29 is 23.5 Å². The number of carbonyl (C=O) groups is 2. The van der Waals surface area contributed by atoms with E-state index in [0.717, 1.165) is 5.39 Å². The Balaban J connectivity index is 1.79. The summed E-state index contributed by atoms with van der Waals surface area (Å²) in [4.78, 5) is 27.5. The fourth-order valence-electron chi connectivity index (χ4n) is 3.25. The maximum atomic E-state index is 13.9. The van der Waals surface area contributed by atoms with Gasteiger partial charge >= 0.3 is 0 Å². The lowest BCUT2D eigenvalue weighted by Gasteiger charge is -2.16. The number of benzene rings is 1. The molecule has 3 N–H and O–H groups in total. The Hall–Kier alpha value is -2.90. The number of rotatable bonds is 7. The van der Waals surface area contributed by atoms with E-state index in [0.29, 0.717) is 23.4 Å². The van der Waals surface area contributed by atoms with Gasteiger partial charge in [0.15, 0.2) is 5.67 Å². The number of aromatic nitrogens is 1. The molecule has 1 aliphatic rings. The van der Waals surface area contributed by atoms with Crippen LogP contribution >= 0.6 is 0 Å². The number of fused-ring (bicyclic) bond motifs is 1. The molecule has 0 aliphatic carbocycles. The third-order valence-electron chi connectivity index (χ3n) is 4.60. The molecular weight excluding hydrogens is 365 g/mol. The summed E-state index contributed by atoms with van der Waals surface area (Å²) in [6, 6.07) is 4.81. The lowest BCUT2D eigenvalue weighted by Crippen LogP contribution is -2.31. The van der Waals surface area contributed by atoms with E-state index >= 15 is 0 Å². The molecule has 0 spiro atoms. The van der Waals surface area contributed by atoms with Crippen LogP contribution in [0.2, 0.25) is 0 Å². The summed E-state index contributed by atoms with van der Waals surface area (Å²) in [5.74, 6) is -0.433. The predicted molar refractivity (Wildman–Crippen MR) is 102 cm³/mol. The highest BCUT2D eigenvalue weighted by Gasteiger charge is 2.42. The van der Waals surface area contributed by atoms with Crippen LogP contribution in [0.25, 0.3) is 10.8 Å². The topological polar surface area (TPSA) is 104 Å². The van der Waals surface area contributed by atoms with Gasteiger partial charge in [0.05, 0.1) is 18.3 Å². The molecule has 2 heterocycles. The van der Waals surface area contributed by atoms with Gasteiger partial charge in [-0.1, -0.05) is 0 Å². The van der Waals surface area contributed by atoms with Crippen LogP contribution in [0, 0.1) is 0 Å². The van der Waals surface area contributed by atoms with E-state index in [1.165, 1.54) is 6.92 Å². The van der Waals surface area contributed by atoms with Gasteiger partial charge in [-0.25, -0.2) is 9.37 Å². The second-order valence-corrected chi connectivity index (χ2v) is 7.43. The summed E-state index contributed by atoms with van der Waals surface area (Å²) in [7, 11) is 0. The Labute approximate surface area is 162 Å². The van der Waals surface area contributed by atoms with Crippen LogP contribution in [0.15, 0.2) is 24.4 Å². The van der Waals surface area contributed by atoms with Gasteiger partial charge in [-0.2, -0.15) is 0 Å². The largest absolute Gasteiger partial charge is 0.490 e. The minimum absolute atomic E-state index is 0.118. The molecule has 7 nitrogen and oxygen atoms in total. The quantitative estimate of drug-likeness (QED) is 0.757. The lowest BCUT2D eigenvalue weighted by molar-refractivity contribution is -0.128. The fraction of sp³-hybridized carbons (Fsp3) is 0.450. The van der Waals surface area contributed by atoms with Crippen LogP contribution in [0.1, 0.15) is 44.0 Å². The van der Waals surface area contributed by atoms with Crippen molar-refractivity contribution >= 4 is 22.6 Å². The van der Waals surface area contributed by atoms with Crippen molar-refractivity contribution in [3.05, 3.63) is 30.0 Å². The number of hydrogen-bond acceptors (Lipinski definition) is 5. The highest BCUT2D eigenvalue weighted by Crippen LogP contribution is 2.32. The molecule has 1 fully saturated rings. The zero-order valence-electron chi connectivity index (χ0n) is 16.1. The Morgan fingerprint density at radius 2 is 2.21 bits per heavy atom. The van der Waals surface area contributed by atoms with Crippen molar-refractivity contribution in [2.24, 2.45) is 5.73 Å². The summed E-state index contributed by atoms with van der Waals surface area (Å²) in [5, 5.41) is 4.04. The third kappa shape index (κ3) is 4.16. The molecule has 0 radical (unpaired) electrons. The van der Waals surface area contributed by atoms with E-state index in [1.54, 1.807) is 24.4 Å². The summed E-state index contributed by atoms with van der Waals surface area (Å²) in [6.45, 7) is 5.24. The normalized spacial score (nSPS) is 21.8. The van der Waals surface area contributed by atoms with Crippen LogP contribution < -0.4 is 20.5 Å². The molecule has 1 aromatic carbocycles. The van der Waals surface area contributed by atoms with Crippen molar-refractivity contribution in [1.29, 1.82) is 0 Å². The van der Waals surface area contributed by atoms with E-state index in [1.807, 2.05) is 13.8 Å². The van der Waals surface area contributed by atoms with Gasteiger partial charge in [-0.15, -0.1) is 0 Å². The SMILES string of the molecule is CC(C)Oc1cc2c(OCC[C@@H]3C[C@](C)(F)C(=O)N3)nccc2cc1C(N)=O. The highest BCUT2D eigenvalue weighted by molar-refractivity contribution is 6.01. The maximum absolute atomic E-state index is 13.9. The van der Waals surface area contributed by atoms with Crippen LogP contribution in [-0.2, 0) is 4.79 Å². The second kappa shape index (κ2) is 7.61. The molecule has 1 aliphatic heterocycles. The van der Waals surface area contributed by atoms with Gasteiger partial charge in [-0.05, 0) is 44.4 Å². The maximum Gasteiger partial charge on any atom is 0.257 e. The number of amides is 2. The third-order valence-corrected chi connectivity index (χ3v) is 4.60. The Morgan fingerprint density at radius 1 is 1.46 bits per heavy atom. The average molecular weight is 389 g/mol. The molecule has 2 atom stereocenters. The minimum atomic E-state index is -1.84. The van der Waals surface area contributed by atoms with E-state index in [2.05, 4.69) is 10.3 Å². The molecule has 0 bridgehead atoms. The molecule has 1 aromatic heterocycles. The smallest absolute Gasteiger partial charge is 0.257 e. The van der Waals surface area contributed by atoms with Gasteiger partial charge in [0.25, 0.3) is 11.8 Å². The van der Waals surface area contributed by atoms with Crippen LogP contribution in [0.4, 0.5) is 4.39 Å². The van der Waals surface area contributed by atoms with E-state index < -0.39 is 17.5 Å². The second-order valence-electron chi connectivity index (χ2n) is 7.43. The Kier molecular flexibility index (Phi) is 5.40. The van der Waals surface area contributed by atoms with Gasteiger partial charge in [0.1, 0.15) is 5.75 Å². The fourth-order valence-corrected chi connectivity index (χ4v) is 3.25. The number of nitrogens with two attached hydrogens (primary N) is 1. The first-order chi connectivity index (χ1) is 13.2. The molecule has 28 heavy (non-hydrogen) atoms. The van der Waals surface area contributed by atoms with Crippen LogP contribution in [0.3, 0.4) is 0 Å². The van der Waals surface area contributed by atoms with E-state index in [9.17, 15) is 14.0 Å². The van der Waals surface area contributed by atoms with Gasteiger partial charge in [0, 0.05) is 30.5 Å². The van der Waals surface area contributed by atoms with Gasteiger partial charge < -0.3 is 20.5 Å². The molecular formula is C20H24FN3O4.